The summed E-state index contributed by atoms with van der Waals surface area (Å²) >= 11 is 0. The Labute approximate surface area is 48.5 Å². The second-order valence-corrected chi connectivity index (χ2v) is 1.54. The van der Waals surface area contributed by atoms with E-state index >= 15 is 0 Å². The highest BCUT2D eigenvalue weighted by Crippen LogP contribution is 1.94. The van der Waals surface area contributed by atoms with Crippen LogP contribution in [0.1, 0.15) is 6.42 Å². The quantitative estimate of drug-likeness (QED) is 0.521. The first-order valence-corrected chi connectivity index (χ1v) is 2.59. The van der Waals surface area contributed by atoms with Crippen molar-refractivity contribution < 1.29 is 0 Å². The molecular formula is C5H9N3. The van der Waals surface area contributed by atoms with Crippen LogP contribution in [-0.2, 0) is 0 Å². The second-order valence-electron chi connectivity index (χ2n) is 1.54. The molecule has 3 heteroatoms. The van der Waals surface area contributed by atoms with Crippen LogP contribution in [0.25, 0.3) is 0 Å². The van der Waals surface area contributed by atoms with E-state index < -0.39 is 0 Å². The third-order valence-corrected chi connectivity index (χ3v) is 0.936. The summed E-state index contributed by atoms with van der Waals surface area (Å²) in [6.07, 6.45) is 6.64. The molecule has 0 saturated heterocycles. The monoisotopic (exact) mass is 111 g/mol. The average molecular weight is 111 g/mol. The average Bonchev–Trinajstić information content (AvgIpc) is 1.90. The zero-order valence-electron chi connectivity index (χ0n) is 4.62. The van der Waals surface area contributed by atoms with Crippen LogP contribution in [0.5, 0.6) is 0 Å². The van der Waals surface area contributed by atoms with Gasteiger partial charge in [0.05, 0.1) is 6.67 Å². The molecule has 1 aliphatic rings. The molecule has 3 nitrogen and oxygen atoms in total. The minimum atomic E-state index is 0.465. The topological polar surface area (TPSA) is 41.6 Å². The first-order valence-electron chi connectivity index (χ1n) is 2.59. The van der Waals surface area contributed by atoms with E-state index in [1.165, 1.54) is 0 Å². The Morgan fingerprint density at radius 1 is 1.75 bits per heavy atom. The van der Waals surface area contributed by atoms with Crippen molar-refractivity contribution in [1.82, 2.24) is 5.01 Å². The molecule has 0 amide bonds. The molecule has 0 fully saturated rings. The Balaban J connectivity index is 2.42. The molecule has 1 heterocycles. The third-order valence-electron chi connectivity index (χ3n) is 0.936. The molecular weight excluding hydrogens is 102 g/mol. The van der Waals surface area contributed by atoms with Gasteiger partial charge < -0.3 is 5.73 Å². The third kappa shape index (κ3) is 1.07. The SMILES string of the molecule is NCN1C=CCC=N1. The lowest BCUT2D eigenvalue weighted by Crippen LogP contribution is -2.20. The summed E-state index contributed by atoms with van der Waals surface area (Å²) in [4.78, 5) is 0. The van der Waals surface area contributed by atoms with Crippen LogP contribution in [0.4, 0.5) is 0 Å². The maximum atomic E-state index is 5.26. The van der Waals surface area contributed by atoms with Gasteiger partial charge in [-0.1, -0.05) is 6.08 Å². The summed E-state index contributed by atoms with van der Waals surface area (Å²) in [7, 11) is 0. The second kappa shape index (κ2) is 2.47. The van der Waals surface area contributed by atoms with Crippen LogP contribution < -0.4 is 5.73 Å². The van der Waals surface area contributed by atoms with Gasteiger partial charge in [-0.15, -0.1) is 0 Å². The van der Waals surface area contributed by atoms with Gasteiger partial charge in [-0.3, -0.25) is 5.01 Å². The standard InChI is InChI=1S/C5H9N3/c6-5-8-4-2-1-3-7-8/h2-4H,1,5-6H2. The van der Waals surface area contributed by atoms with Crippen LogP contribution in [0.2, 0.25) is 0 Å². The minimum absolute atomic E-state index is 0.465. The summed E-state index contributed by atoms with van der Waals surface area (Å²) < 4.78 is 0. The van der Waals surface area contributed by atoms with Crippen molar-refractivity contribution >= 4 is 6.21 Å². The highest BCUT2D eigenvalue weighted by molar-refractivity contribution is 5.59. The van der Waals surface area contributed by atoms with Crippen molar-refractivity contribution in [3.05, 3.63) is 12.3 Å². The smallest absolute Gasteiger partial charge is 0.0878 e. The molecule has 0 aromatic carbocycles. The molecule has 1 rings (SSSR count). The highest BCUT2D eigenvalue weighted by atomic mass is 15.5. The number of hydrogen-bond acceptors (Lipinski definition) is 3. The Hall–Kier alpha value is -0.830. The Bertz CT molecular complexity index is 105. The Morgan fingerprint density at radius 3 is 3.00 bits per heavy atom. The first-order chi connectivity index (χ1) is 3.93. The summed E-state index contributed by atoms with van der Waals surface area (Å²) in [5, 5.41) is 5.63. The maximum absolute atomic E-state index is 5.26. The molecule has 0 saturated carbocycles. The van der Waals surface area contributed by atoms with Crippen LogP contribution in [-0.4, -0.2) is 17.9 Å². The zero-order valence-corrected chi connectivity index (χ0v) is 4.62. The van der Waals surface area contributed by atoms with E-state index in [2.05, 4.69) is 5.10 Å². The molecule has 0 aliphatic carbocycles. The van der Waals surface area contributed by atoms with Crippen molar-refractivity contribution in [3.8, 4) is 0 Å². The molecule has 0 radical (unpaired) electrons. The first kappa shape index (κ1) is 5.31. The Kier molecular flexibility index (Phi) is 1.64. The Morgan fingerprint density at radius 2 is 2.62 bits per heavy atom. The fraction of sp³-hybridized carbons (Fsp3) is 0.400. The van der Waals surface area contributed by atoms with Crippen molar-refractivity contribution in [3.63, 3.8) is 0 Å². The minimum Gasteiger partial charge on any atom is -0.312 e. The number of nitrogens with zero attached hydrogens (tertiary/aromatic N) is 2. The molecule has 0 aromatic rings. The normalized spacial score (nSPS) is 17.4. The summed E-state index contributed by atoms with van der Waals surface area (Å²) in [6, 6.07) is 0. The number of allylic oxidation sites excluding steroid dienone is 1. The summed E-state index contributed by atoms with van der Waals surface area (Å²) in [6.45, 7) is 0.465. The molecule has 1 aliphatic heterocycles. The fourth-order valence-corrected chi connectivity index (χ4v) is 0.542. The molecule has 0 bridgehead atoms. The van der Waals surface area contributed by atoms with E-state index in [-0.39, 0.29) is 0 Å². The van der Waals surface area contributed by atoms with Gasteiger partial charge in [-0.25, -0.2) is 0 Å². The van der Waals surface area contributed by atoms with E-state index in [1.54, 1.807) is 5.01 Å². The summed E-state index contributed by atoms with van der Waals surface area (Å²) in [5.41, 5.74) is 5.26. The van der Waals surface area contributed by atoms with E-state index in [9.17, 15) is 0 Å². The zero-order chi connectivity index (χ0) is 5.82. The van der Waals surface area contributed by atoms with Crippen LogP contribution in [0, 0.1) is 0 Å². The van der Waals surface area contributed by atoms with Gasteiger partial charge in [-0.2, -0.15) is 5.10 Å². The molecule has 8 heavy (non-hydrogen) atoms. The molecule has 0 aromatic heterocycles. The van der Waals surface area contributed by atoms with Crippen molar-refractivity contribution in [2.75, 3.05) is 6.67 Å². The molecule has 0 spiro atoms. The van der Waals surface area contributed by atoms with E-state index in [1.807, 2.05) is 18.5 Å². The van der Waals surface area contributed by atoms with Gasteiger partial charge in [0.25, 0.3) is 0 Å². The number of rotatable bonds is 1. The predicted molar refractivity (Wildman–Crippen MR) is 33.1 cm³/mol. The van der Waals surface area contributed by atoms with Gasteiger partial charge in [-0.05, 0) is 0 Å². The lowest BCUT2D eigenvalue weighted by Gasteiger charge is -2.12. The number of hydrazone groups is 1. The molecule has 0 atom stereocenters. The van der Waals surface area contributed by atoms with E-state index in [0.717, 1.165) is 6.42 Å². The van der Waals surface area contributed by atoms with Gasteiger partial charge in [0, 0.05) is 18.8 Å². The number of nitrogens with two attached hydrogens (primary N) is 1. The lowest BCUT2D eigenvalue weighted by molar-refractivity contribution is 0.408. The van der Waals surface area contributed by atoms with Gasteiger partial charge >= 0.3 is 0 Å². The van der Waals surface area contributed by atoms with Gasteiger partial charge in [0.2, 0.25) is 0 Å². The number of hydrogen-bond donors (Lipinski definition) is 1. The lowest BCUT2D eigenvalue weighted by atomic mass is 10.4. The fourth-order valence-electron chi connectivity index (χ4n) is 0.542. The van der Waals surface area contributed by atoms with E-state index in [0.29, 0.717) is 6.67 Å². The molecule has 0 unspecified atom stereocenters. The summed E-state index contributed by atoms with van der Waals surface area (Å²) in [5.74, 6) is 0. The predicted octanol–water partition coefficient (Wildman–Crippen LogP) is 0.108. The van der Waals surface area contributed by atoms with Crippen molar-refractivity contribution in [2.24, 2.45) is 10.8 Å². The maximum Gasteiger partial charge on any atom is 0.0878 e. The molecule has 2 N–H and O–H groups in total. The highest BCUT2D eigenvalue weighted by Gasteiger charge is 1.91. The van der Waals surface area contributed by atoms with Crippen molar-refractivity contribution in [1.29, 1.82) is 0 Å². The molecule has 44 valence electrons. The van der Waals surface area contributed by atoms with Crippen molar-refractivity contribution in [2.45, 2.75) is 6.42 Å². The van der Waals surface area contributed by atoms with E-state index in [4.69, 9.17) is 5.73 Å². The largest absolute Gasteiger partial charge is 0.312 e. The van der Waals surface area contributed by atoms with Crippen LogP contribution >= 0.6 is 0 Å². The van der Waals surface area contributed by atoms with Gasteiger partial charge in [0.15, 0.2) is 0 Å². The van der Waals surface area contributed by atoms with Crippen LogP contribution in [0.15, 0.2) is 17.4 Å². The van der Waals surface area contributed by atoms with Gasteiger partial charge in [0.1, 0.15) is 0 Å². The van der Waals surface area contributed by atoms with Crippen LogP contribution in [0.3, 0.4) is 0 Å².